The van der Waals surface area contributed by atoms with Gasteiger partial charge in [0.05, 0.1) is 4.90 Å². The standard InChI is InChI=1S/C18H20FN3O3S.ClH/c19-15-4-6-16(7-5-15)21-26(24,25)17-3-1-2-14(10-17)18(23)22-9-8-13(11-20)12-22;/h1-7,10,13,21H,8-9,11-12,20H2;1H. The first-order valence-corrected chi connectivity index (χ1v) is 9.75. The molecule has 0 aliphatic carbocycles. The lowest BCUT2D eigenvalue weighted by molar-refractivity contribution is 0.0787. The summed E-state index contributed by atoms with van der Waals surface area (Å²) in [4.78, 5) is 14.3. The first kappa shape index (κ1) is 21.1. The number of carbonyl (C=O) groups excluding carboxylic acids is 1. The van der Waals surface area contributed by atoms with Crippen molar-refractivity contribution >= 4 is 34.0 Å². The van der Waals surface area contributed by atoms with Crippen LogP contribution in [0.2, 0.25) is 0 Å². The molecule has 1 aliphatic heterocycles. The van der Waals surface area contributed by atoms with Crippen LogP contribution in [0.4, 0.5) is 10.1 Å². The molecule has 9 heteroatoms. The molecule has 1 saturated heterocycles. The normalized spacial score (nSPS) is 16.7. The average molecular weight is 414 g/mol. The number of anilines is 1. The Labute approximate surface area is 164 Å². The maximum atomic E-state index is 13.0. The predicted octanol–water partition coefficient (Wildman–Crippen LogP) is 2.47. The van der Waals surface area contributed by atoms with Crippen molar-refractivity contribution in [3.63, 3.8) is 0 Å². The number of hydrogen-bond acceptors (Lipinski definition) is 4. The second-order valence-corrected chi connectivity index (χ2v) is 7.96. The van der Waals surface area contributed by atoms with E-state index in [1.807, 2.05) is 0 Å². The molecule has 1 amide bonds. The summed E-state index contributed by atoms with van der Waals surface area (Å²) < 4.78 is 40.4. The molecule has 3 N–H and O–H groups in total. The summed E-state index contributed by atoms with van der Waals surface area (Å²) in [5.74, 6) is -0.382. The Morgan fingerprint density at radius 2 is 1.93 bits per heavy atom. The topological polar surface area (TPSA) is 92.5 Å². The summed E-state index contributed by atoms with van der Waals surface area (Å²) in [6, 6.07) is 10.9. The number of sulfonamides is 1. The number of benzene rings is 2. The molecule has 0 saturated carbocycles. The Morgan fingerprint density at radius 3 is 2.56 bits per heavy atom. The van der Waals surface area contributed by atoms with E-state index in [1.54, 1.807) is 11.0 Å². The molecule has 146 valence electrons. The minimum Gasteiger partial charge on any atom is -0.338 e. The van der Waals surface area contributed by atoms with E-state index >= 15 is 0 Å². The number of nitrogens with one attached hydrogen (secondary N) is 1. The Balaban J connectivity index is 0.00000261. The van der Waals surface area contributed by atoms with Gasteiger partial charge in [-0.25, -0.2) is 12.8 Å². The van der Waals surface area contributed by atoms with Crippen molar-refractivity contribution in [2.75, 3.05) is 24.4 Å². The van der Waals surface area contributed by atoms with Crippen molar-refractivity contribution in [2.24, 2.45) is 11.7 Å². The van der Waals surface area contributed by atoms with Crippen LogP contribution in [0.3, 0.4) is 0 Å². The van der Waals surface area contributed by atoms with Gasteiger partial charge < -0.3 is 10.6 Å². The number of halogens is 2. The van der Waals surface area contributed by atoms with E-state index in [4.69, 9.17) is 5.73 Å². The third-order valence-electron chi connectivity index (χ3n) is 4.39. The highest BCUT2D eigenvalue weighted by Gasteiger charge is 2.26. The van der Waals surface area contributed by atoms with E-state index in [1.165, 1.54) is 42.5 Å². The minimum atomic E-state index is -3.88. The molecule has 1 heterocycles. The van der Waals surface area contributed by atoms with Gasteiger partial charge in [0, 0.05) is 24.3 Å². The number of rotatable bonds is 5. The molecule has 6 nitrogen and oxygen atoms in total. The van der Waals surface area contributed by atoms with Crippen molar-refractivity contribution in [3.05, 3.63) is 59.9 Å². The number of nitrogens with zero attached hydrogens (tertiary/aromatic N) is 1. The van der Waals surface area contributed by atoms with Gasteiger partial charge in [-0.1, -0.05) is 6.07 Å². The number of amides is 1. The second kappa shape index (κ2) is 8.69. The SMILES string of the molecule is Cl.NCC1CCN(C(=O)c2cccc(S(=O)(=O)Nc3ccc(F)cc3)c2)C1. The lowest BCUT2D eigenvalue weighted by atomic mass is 10.1. The highest BCUT2D eigenvalue weighted by atomic mass is 35.5. The molecule has 0 spiro atoms. The summed E-state index contributed by atoms with van der Waals surface area (Å²) in [5, 5.41) is 0. The Morgan fingerprint density at radius 1 is 1.22 bits per heavy atom. The largest absolute Gasteiger partial charge is 0.338 e. The van der Waals surface area contributed by atoms with Crippen molar-refractivity contribution in [2.45, 2.75) is 11.3 Å². The maximum absolute atomic E-state index is 13.0. The van der Waals surface area contributed by atoms with Crippen LogP contribution in [-0.2, 0) is 10.0 Å². The van der Waals surface area contributed by atoms with Crippen LogP contribution in [0.5, 0.6) is 0 Å². The smallest absolute Gasteiger partial charge is 0.261 e. The zero-order valence-electron chi connectivity index (χ0n) is 14.5. The van der Waals surface area contributed by atoms with Crippen LogP contribution in [-0.4, -0.2) is 38.9 Å². The van der Waals surface area contributed by atoms with Gasteiger partial charge in [0.15, 0.2) is 0 Å². The number of likely N-dealkylation sites (tertiary alicyclic amines) is 1. The number of carbonyl (C=O) groups is 1. The van der Waals surface area contributed by atoms with Gasteiger partial charge in [0.1, 0.15) is 5.82 Å². The fourth-order valence-corrected chi connectivity index (χ4v) is 4.02. The first-order chi connectivity index (χ1) is 12.4. The average Bonchev–Trinajstić information content (AvgIpc) is 3.12. The van der Waals surface area contributed by atoms with Crippen LogP contribution < -0.4 is 10.5 Å². The van der Waals surface area contributed by atoms with E-state index in [0.717, 1.165) is 6.42 Å². The molecular weight excluding hydrogens is 393 g/mol. The van der Waals surface area contributed by atoms with Crippen LogP contribution in [0.15, 0.2) is 53.4 Å². The van der Waals surface area contributed by atoms with Gasteiger partial charge in [-0.15, -0.1) is 12.4 Å². The fraction of sp³-hybridized carbons (Fsp3) is 0.278. The van der Waals surface area contributed by atoms with Gasteiger partial charge in [-0.3, -0.25) is 9.52 Å². The molecule has 1 aliphatic rings. The second-order valence-electron chi connectivity index (χ2n) is 6.28. The fourth-order valence-electron chi connectivity index (χ4n) is 2.92. The number of nitrogens with two attached hydrogens (primary N) is 1. The maximum Gasteiger partial charge on any atom is 0.261 e. The Hall–Kier alpha value is -2.16. The van der Waals surface area contributed by atoms with Gasteiger partial charge in [0.2, 0.25) is 0 Å². The van der Waals surface area contributed by atoms with Crippen LogP contribution in [0, 0.1) is 11.7 Å². The van der Waals surface area contributed by atoms with E-state index in [9.17, 15) is 17.6 Å². The number of hydrogen-bond donors (Lipinski definition) is 2. The van der Waals surface area contributed by atoms with E-state index in [2.05, 4.69) is 4.72 Å². The summed E-state index contributed by atoms with van der Waals surface area (Å²) in [6.07, 6.45) is 0.854. The molecule has 2 aromatic carbocycles. The van der Waals surface area contributed by atoms with Gasteiger partial charge >= 0.3 is 0 Å². The van der Waals surface area contributed by atoms with Crippen molar-refractivity contribution < 1.29 is 17.6 Å². The van der Waals surface area contributed by atoms with Gasteiger partial charge in [0.25, 0.3) is 15.9 Å². The molecule has 2 aromatic rings. The van der Waals surface area contributed by atoms with Crippen LogP contribution in [0.25, 0.3) is 0 Å². The summed E-state index contributed by atoms with van der Waals surface area (Å²) in [7, 11) is -3.88. The highest BCUT2D eigenvalue weighted by Crippen LogP contribution is 2.21. The van der Waals surface area contributed by atoms with Crippen LogP contribution >= 0.6 is 12.4 Å². The zero-order chi connectivity index (χ0) is 18.7. The summed E-state index contributed by atoms with van der Waals surface area (Å²) >= 11 is 0. The Kier molecular flexibility index (Phi) is 6.80. The van der Waals surface area contributed by atoms with E-state index < -0.39 is 15.8 Å². The minimum absolute atomic E-state index is 0. The molecule has 27 heavy (non-hydrogen) atoms. The first-order valence-electron chi connectivity index (χ1n) is 8.27. The van der Waals surface area contributed by atoms with Crippen molar-refractivity contribution in [3.8, 4) is 0 Å². The summed E-state index contributed by atoms with van der Waals surface area (Å²) in [6.45, 7) is 1.73. The molecule has 0 bridgehead atoms. The van der Waals surface area contributed by atoms with Crippen molar-refractivity contribution in [1.82, 2.24) is 4.90 Å². The molecule has 1 fully saturated rings. The van der Waals surface area contributed by atoms with Gasteiger partial charge in [-0.05, 0) is 61.3 Å². The molecule has 1 unspecified atom stereocenters. The summed E-state index contributed by atoms with van der Waals surface area (Å²) in [5.41, 5.74) is 6.20. The monoisotopic (exact) mass is 413 g/mol. The quantitative estimate of drug-likeness (QED) is 0.787. The van der Waals surface area contributed by atoms with Gasteiger partial charge in [-0.2, -0.15) is 0 Å². The van der Waals surface area contributed by atoms with Crippen molar-refractivity contribution in [1.29, 1.82) is 0 Å². The lowest BCUT2D eigenvalue weighted by Crippen LogP contribution is -2.30. The van der Waals surface area contributed by atoms with E-state index in [0.29, 0.717) is 25.2 Å². The predicted molar refractivity (Wildman–Crippen MR) is 104 cm³/mol. The Bertz CT molecular complexity index is 906. The zero-order valence-corrected chi connectivity index (χ0v) is 16.1. The molecule has 3 rings (SSSR count). The molecule has 0 aromatic heterocycles. The lowest BCUT2D eigenvalue weighted by Gasteiger charge is -2.17. The molecule has 1 atom stereocenters. The van der Waals surface area contributed by atoms with E-state index in [-0.39, 0.29) is 34.8 Å². The molecule has 0 radical (unpaired) electrons. The third kappa shape index (κ3) is 4.97. The third-order valence-corrected chi connectivity index (χ3v) is 5.77. The van der Waals surface area contributed by atoms with Crippen LogP contribution in [0.1, 0.15) is 16.8 Å². The highest BCUT2D eigenvalue weighted by molar-refractivity contribution is 7.92. The molecular formula is C18H21ClFN3O3S.